The van der Waals surface area contributed by atoms with Gasteiger partial charge in [-0.05, 0) is 54.7 Å². The highest BCUT2D eigenvalue weighted by molar-refractivity contribution is 5.91. The van der Waals surface area contributed by atoms with Gasteiger partial charge in [0.25, 0.3) is 0 Å². The van der Waals surface area contributed by atoms with E-state index in [1.54, 1.807) is 17.9 Å². The second-order valence-electron chi connectivity index (χ2n) is 7.09. The van der Waals surface area contributed by atoms with Crippen LogP contribution in [0.3, 0.4) is 0 Å². The predicted molar refractivity (Wildman–Crippen MR) is 109 cm³/mol. The molecule has 0 unspecified atom stereocenters. The molecule has 2 heterocycles. The molecule has 0 atom stereocenters. The zero-order valence-electron chi connectivity index (χ0n) is 16.2. The lowest BCUT2D eigenvalue weighted by atomic mass is 9.92. The second kappa shape index (κ2) is 8.34. The van der Waals surface area contributed by atoms with Crippen molar-refractivity contribution in [3.8, 4) is 11.4 Å². The Kier molecular flexibility index (Phi) is 5.46. The molecule has 1 saturated heterocycles. The molecule has 6 nitrogen and oxygen atoms in total. The van der Waals surface area contributed by atoms with Gasteiger partial charge in [0, 0.05) is 19.3 Å². The molecule has 4 rings (SSSR count). The Morgan fingerprint density at radius 1 is 1.17 bits per heavy atom. The fourth-order valence-electron chi connectivity index (χ4n) is 3.67. The first-order valence-corrected chi connectivity index (χ1v) is 9.63. The Morgan fingerprint density at radius 3 is 2.72 bits per heavy atom. The molecule has 0 aliphatic carbocycles. The first-order valence-electron chi connectivity index (χ1n) is 9.63. The Balaban J connectivity index is 1.36. The third kappa shape index (κ3) is 4.23. The zero-order valence-corrected chi connectivity index (χ0v) is 16.2. The van der Waals surface area contributed by atoms with Crippen molar-refractivity contribution in [3.63, 3.8) is 0 Å². The molecule has 2 aromatic carbocycles. The van der Waals surface area contributed by atoms with Crippen LogP contribution in [0.25, 0.3) is 5.69 Å². The molecule has 3 aromatic rings. The molecule has 1 fully saturated rings. The van der Waals surface area contributed by atoms with Gasteiger partial charge in [0.1, 0.15) is 11.6 Å². The molecule has 1 aliphatic rings. The van der Waals surface area contributed by atoms with Crippen LogP contribution in [-0.2, 0) is 0 Å². The van der Waals surface area contributed by atoms with E-state index < -0.39 is 0 Å². The van der Waals surface area contributed by atoms with Crippen LogP contribution in [0.4, 0.5) is 14.9 Å². The maximum atomic E-state index is 13.4. The number of methoxy groups -OCH3 is 1. The summed E-state index contributed by atoms with van der Waals surface area (Å²) in [6, 6.07) is 13.6. The molecular formula is C22H23FN4O2. The van der Waals surface area contributed by atoms with Gasteiger partial charge < -0.3 is 15.0 Å². The lowest BCUT2D eigenvalue weighted by Crippen LogP contribution is -2.40. The van der Waals surface area contributed by atoms with E-state index in [9.17, 15) is 9.18 Å². The van der Waals surface area contributed by atoms with E-state index in [-0.39, 0.29) is 11.8 Å². The number of nitrogens with one attached hydrogen (secondary N) is 1. The molecule has 29 heavy (non-hydrogen) atoms. The number of para-hydroxylation sites is 2. The van der Waals surface area contributed by atoms with Crippen molar-refractivity contribution in [3.05, 3.63) is 72.3 Å². The number of hydrogen-bond acceptors (Lipinski definition) is 3. The number of ether oxygens (including phenoxy) is 1. The van der Waals surface area contributed by atoms with Crippen molar-refractivity contribution in [1.82, 2.24) is 14.7 Å². The highest BCUT2D eigenvalue weighted by Gasteiger charge is 2.25. The highest BCUT2D eigenvalue weighted by atomic mass is 19.1. The lowest BCUT2D eigenvalue weighted by Gasteiger charge is -2.31. The summed E-state index contributed by atoms with van der Waals surface area (Å²) in [5.41, 5.74) is 2.47. The first-order chi connectivity index (χ1) is 14.1. The molecule has 0 radical (unpaired) electrons. The number of benzene rings is 2. The maximum Gasteiger partial charge on any atom is 0.321 e. The molecule has 0 bridgehead atoms. The van der Waals surface area contributed by atoms with E-state index in [4.69, 9.17) is 4.74 Å². The van der Waals surface area contributed by atoms with Crippen LogP contribution in [-0.4, -0.2) is 40.9 Å². The number of carbonyl (C=O) groups is 1. The Morgan fingerprint density at radius 2 is 1.97 bits per heavy atom. The SMILES string of the molecule is COc1ccccc1NC(=O)N1CCC(c2cnn(-c3cccc(F)c3)c2)CC1. The van der Waals surface area contributed by atoms with Crippen molar-refractivity contribution in [2.75, 3.05) is 25.5 Å². The van der Waals surface area contributed by atoms with Gasteiger partial charge in [-0.25, -0.2) is 13.9 Å². The minimum Gasteiger partial charge on any atom is -0.495 e. The van der Waals surface area contributed by atoms with Crippen LogP contribution in [0.2, 0.25) is 0 Å². The summed E-state index contributed by atoms with van der Waals surface area (Å²) >= 11 is 0. The van der Waals surface area contributed by atoms with Gasteiger partial charge in [-0.3, -0.25) is 0 Å². The summed E-state index contributed by atoms with van der Waals surface area (Å²) in [5, 5.41) is 7.30. The minimum absolute atomic E-state index is 0.122. The topological polar surface area (TPSA) is 59.4 Å². The number of rotatable bonds is 4. The van der Waals surface area contributed by atoms with E-state index in [0.717, 1.165) is 18.4 Å². The summed E-state index contributed by atoms with van der Waals surface area (Å²) in [6.45, 7) is 1.33. The van der Waals surface area contributed by atoms with Crippen molar-refractivity contribution < 1.29 is 13.9 Å². The Hall–Kier alpha value is -3.35. The van der Waals surface area contributed by atoms with Crippen LogP contribution in [0.1, 0.15) is 24.3 Å². The minimum atomic E-state index is -0.283. The highest BCUT2D eigenvalue weighted by Crippen LogP contribution is 2.29. The zero-order chi connectivity index (χ0) is 20.2. The van der Waals surface area contributed by atoms with Crippen LogP contribution >= 0.6 is 0 Å². The summed E-state index contributed by atoms with van der Waals surface area (Å²) in [7, 11) is 1.58. The molecule has 0 spiro atoms. The lowest BCUT2D eigenvalue weighted by molar-refractivity contribution is 0.194. The monoisotopic (exact) mass is 394 g/mol. The molecule has 1 aliphatic heterocycles. The average molecular weight is 394 g/mol. The Bertz CT molecular complexity index is 996. The maximum absolute atomic E-state index is 13.4. The number of likely N-dealkylation sites (tertiary alicyclic amines) is 1. The largest absolute Gasteiger partial charge is 0.495 e. The van der Waals surface area contributed by atoms with E-state index in [1.165, 1.54) is 12.1 Å². The van der Waals surface area contributed by atoms with Crippen molar-refractivity contribution in [1.29, 1.82) is 0 Å². The molecule has 7 heteroatoms. The predicted octanol–water partition coefficient (Wildman–Crippen LogP) is 4.43. The number of hydrogen-bond donors (Lipinski definition) is 1. The summed E-state index contributed by atoms with van der Waals surface area (Å²) in [5.74, 6) is 0.682. The van der Waals surface area contributed by atoms with Gasteiger partial charge in [-0.15, -0.1) is 0 Å². The fourth-order valence-corrected chi connectivity index (χ4v) is 3.67. The normalized spacial score (nSPS) is 14.6. The summed E-state index contributed by atoms with van der Waals surface area (Å²) in [4.78, 5) is 14.4. The van der Waals surface area contributed by atoms with Gasteiger partial charge in [0.2, 0.25) is 0 Å². The number of nitrogens with zero attached hydrogens (tertiary/aromatic N) is 3. The number of amides is 2. The fraction of sp³-hybridized carbons (Fsp3) is 0.273. The molecule has 150 valence electrons. The molecule has 0 saturated carbocycles. The molecule has 1 aromatic heterocycles. The van der Waals surface area contributed by atoms with E-state index in [1.807, 2.05) is 47.6 Å². The third-order valence-corrected chi connectivity index (χ3v) is 5.28. The van der Waals surface area contributed by atoms with E-state index >= 15 is 0 Å². The molecule has 1 N–H and O–H groups in total. The number of anilines is 1. The van der Waals surface area contributed by atoms with Gasteiger partial charge in [-0.1, -0.05) is 18.2 Å². The quantitative estimate of drug-likeness (QED) is 0.712. The number of piperidine rings is 1. The van der Waals surface area contributed by atoms with Crippen molar-refractivity contribution in [2.24, 2.45) is 0 Å². The standard InChI is InChI=1S/C22H23FN4O2/c1-29-21-8-3-2-7-20(21)25-22(28)26-11-9-16(10-12-26)17-14-24-27(15-17)19-6-4-5-18(23)13-19/h2-8,13-16H,9-12H2,1H3,(H,25,28). The third-order valence-electron chi connectivity index (χ3n) is 5.28. The van der Waals surface area contributed by atoms with Gasteiger partial charge in [0.05, 0.1) is 24.7 Å². The van der Waals surface area contributed by atoms with Crippen molar-refractivity contribution in [2.45, 2.75) is 18.8 Å². The van der Waals surface area contributed by atoms with E-state index in [2.05, 4.69) is 10.4 Å². The second-order valence-corrected chi connectivity index (χ2v) is 7.09. The number of aromatic nitrogens is 2. The van der Waals surface area contributed by atoms with Gasteiger partial charge >= 0.3 is 6.03 Å². The van der Waals surface area contributed by atoms with Crippen LogP contribution in [0, 0.1) is 5.82 Å². The number of carbonyl (C=O) groups excluding carboxylic acids is 1. The van der Waals surface area contributed by atoms with Crippen LogP contribution in [0.15, 0.2) is 60.9 Å². The molecule has 2 amide bonds. The number of halogens is 1. The van der Waals surface area contributed by atoms with Crippen LogP contribution < -0.4 is 10.1 Å². The average Bonchev–Trinajstić information content (AvgIpc) is 3.24. The summed E-state index contributed by atoms with van der Waals surface area (Å²) < 4.78 is 20.4. The van der Waals surface area contributed by atoms with E-state index in [0.29, 0.717) is 36.1 Å². The number of urea groups is 1. The smallest absolute Gasteiger partial charge is 0.321 e. The molecular weight excluding hydrogens is 371 g/mol. The van der Waals surface area contributed by atoms with Crippen LogP contribution in [0.5, 0.6) is 5.75 Å². The van der Waals surface area contributed by atoms with Crippen molar-refractivity contribution >= 4 is 11.7 Å². The summed E-state index contributed by atoms with van der Waals surface area (Å²) in [6.07, 6.45) is 5.49. The van der Waals surface area contributed by atoms with Gasteiger partial charge in [0.15, 0.2) is 0 Å². The van der Waals surface area contributed by atoms with Gasteiger partial charge in [-0.2, -0.15) is 5.10 Å². The first kappa shape index (κ1) is 19.0. The Labute approximate surface area is 168 Å².